The molecule has 0 aliphatic carbocycles. The fourth-order valence-corrected chi connectivity index (χ4v) is 9.69. The minimum atomic E-state index is -3.50. The Labute approximate surface area is 326 Å². The summed E-state index contributed by atoms with van der Waals surface area (Å²) in [5.41, 5.74) is 0.543. The van der Waals surface area contributed by atoms with E-state index in [4.69, 9.17) is 4.74 Å². The first-order valence-electron chi connectivity index (χ1n) is 19.4. The molecule has 12 nitrogen and oxygen atoms in total. The van der Waals surface area contributed by atoms with Gasteiger partial charge in [-0.15, -0.1) is 11.3 Å². The number of hydrogen-bond acceptors (Lipinski definition) is 10. The second-order valence-corrected chi connectivity index (χ2v) is 18.6. The molecule has 1 aromatic carbocycles. The second kappa shape index (κ2) is 19.1. The van der Waals surface area contributed by atoms with Crippen LogP contribution >= 0.6 is 11.3 Å². The van der Waals surface area contributed by atoms with Gasteiger partial charge in [-0.1, -0.05) is 64.4 Å². The molecular formula is C40H61N5O7S2. The number of rotatable bonds is 19. The first-order valence-corrected chi connectivity index (χ1v) is 22.2. The van der Waals surface area contributed by atoms with Crippen LogP contribution in [0.2, 0.25) is 0 Å². The number of fused-ring (bicyclic) bond motifs is 2. The van der Waals surface area contributed by atoms with Crippen LogP contribution in [0.5, 0.6) is 0 Å². The topological polar surface area (TPSA) is 155 Å². The van der Waals surface area contributed by atoms with Crippen molar-refractivity contribution in [2.75, 3.05) is 26.9 Å². The van der Waals surface area contributed by atoms with Crippen LogP contribution in [0.1, 0.15) is 120 Å². The second-order valence-electron chi connectivity index (χ2n) is 15.8. The fraction of sp³-hybridized carbons (Fsp3) is 0.675. The van der Waals surface area contributed by atoms with Gasteiger partial charge in [0.2, 0.25) is 15.9 Å². The molecule has 54 heavy (non-hydrogen) atoms. The van der Waals surface area contributed by atoms with Gasteiger partial charge < -0.3 is 15.0 Å². The average molecular weight is 788 g/mol. The van der Waals surface area contributed by atoms with E-state index in [1.807, 2.05) is 51.1 Å². The molecule has 2 fully saturated rings. The molecule has 0 spiro atoms. The van der Waals surface area contributed by atoms with Gasteiger partial charge in [-0.05, 0) is 69.4 Å². The zero-order chi connectivity index (χ0) is 39.8. The number of ketones is 1. The molecule has 2 amide bonds. The number of nitrogens with zero attached hydrogens (tertiary/aromatic N) is 3. The van der Waals surface area contributed by atoms with Crippen LogP contribution in [0.15, 0.2) is 35.7 Å². The quantitative estimate of drug-likeness (QED) is 0.175. The summed E-state index contributed by atoms with van der Waals surface area (Å²) in [5.74, 6) is -1.45. The van der Waals surface area contributed by atoms with E-state index in [0.717, 1.165) is 56.8 Å². The van der Waals surface area contributed by atoms with E-state index < -0.39 is 45.5 Å². The molecule has 2 aliphatic rings. The smallest absolute Gasteiger partial charge is 0.303 e. The number of ether oxygens (including phenoxy) is 1. The molecule has 0 unspecified atom stereocenters. The number of aromatic nitrogens is 1. The van der Waals surface area contributed by atoms with Crippen molar-refractivity contribution in [3.05, 3.63) is 52.0 Å². The van der Waals surface area contributed by atoms with Crippen molar-refractivity contribution in [1.82, 2.24) is 24.8 Å². The highest BCUT2D eigenvalue weighted by atomic mass is 32.2. The Kier molecular flexibility index (Phi) is 15.4. The van der Waals surface area contributed by atoms with Gasteiger partial charge in [-0.3, -0.25) is 24.1 Å². The maximum atomic E-state index is 14.5. The SMILES string of the molecule is CC[C@H](C)[C@H](CC(=O)C12CCCC(CCC1)N2C)C(=O)N(C)[C@H](C[C@@H](OC(C)=O)c1nc(C(=O)N[C@H](CNS(C)(=O)=O)Cc2ccccc2)cs1)C(C)C. The van der Waals surface area contributed by atoms with Crippen LogP contribution in [0.4, 0.5) is 0 Å². The van der Waals surface area contributed by atoms with Gasteiger partial charge in [0.05, 0.1) is 11.8 Å². The van der Waals surface area contributed by atoms with Crippen molar-refractivity contribution >= 4 is 44.9 Å². The predicted molar refractivity (Wildman–Crippen MR) is 211 cm³/mol. The number of benzene rings is 1. The van der Waals surface area contributed by atoms with Gasteiger partial charge in [0.1, 0.15) is 10.7 Å². The Balaban J connectivity index is 1.52. The monoisotopic (exact) mass is 787 g/mol. The standard InChI is InChI=1S/C40H61N5O7S2/c1-9-27(4)32(22-36(47)40-19-13-17-31(45(40)7)18-14-20-40)39(49)44(6)34(26(2)3)23-35(52-28(5)46)38-43-33(25-53-38)37(48)42-30(24-41-54(8,50)51)21-29-15-11-10-12-16-29/h10-12,15-16,25-27,30-32,34-35,41H,9,13-14,17-24H2,1-8H3,(H,42,48)/t27-,30-,31?,32-,34+,35+,40?/m0/s1. The van der Waals surface area contributed by atoms with E-state index in [1.165, 1.54) is 18.3 Å². The van der Waals surface area contributed by atoms with E-state index in [0.29, 0.717) is 17.5 Å². The van der Waals surface area contributed by atoms with E-state index in [9.17, 15) is 27.6 Å². The van der Waals surface area contributed by atoms with Crippen molar-refractivity contribution in [2.24, 2.45) is 17.8 Å². The molecule has 4 rings (SSSR count). The molecular weight excluding hydrogens is 727 g/mol. The zero-order valence-electron chi connectivity index (χ0n) is 33.3. The highest BCUT2D eigenvalue weighted by Gasteiger charge is 2.50. The molecule has 14 heteroatoms. The Morgan fingerprint density at radius 2 is 1.74 bits per heavy atom. The number of nitrogens with one attached hydrogen (secondary N) is 2. The number of piperidine rings is 2. The number of likely N-dealkylation sites (N-methyl/N-ethyl adjacent to an activating group) is 1. The minimum Gasteiger partial charge on any atom is -0.455 e. The first kappa shape index (κ1) is 43.5. The van der Waals surface area contributed by atoms with E-state index in [2.05, 4.69) is 33.9 Å². The molecule has 1 aromatic heterocycles. The van der Waals surface area contributed by atoms with Crippen molar-refractivity contribution in [3.63, 3.8) is 0 Å². The van der Waals surface area contributed by atoms with Gasteiger partial charge in [0.25, 0.3) is 5.91 Å². The lowest BCUT2D eigenvalue weighted by Crippen LogP contribution is -2.62. The molecule has 0 radical (unpaired) electrons. The number of hydrogen-bond donors (Lipinski definition) is 2. The Hall–Kier alpha value is -3.20. The molecule has 300 valence electrons. The van der Waals surface area contributed by atoms with Gasteiger partial charge in [-0.2, -0.15) is 0 Å². The van der Waals surface area contributed by atoms with Crippen molar-refractivity contribution in [3.8, 4) is 0 Å². The minimum absolute atomic E-state index is 0.00951. The molecule has 3 heterocycles. The molecule has 2 saturated heterocycles. The summed E-state index contributed by atoms with van der Waals surface area (Å²) in [6.07, 6.45) is 7.80. The van der Waals surface area contributed by atoms with E-state index >= 15 is 0 Å². The third-order valence-electron chi connectivity index (χ3n) is 11.7. The fourth-order valence-electron chi connectivity index (χ4n) is 8.35. The zero-order valence-corrected chi connectivity index (χ0v) is 34.9. The lowest BCUT2D eigenvalue weighted by molar-refractivity contribution is -0.151. The lowest BCUT2D eigenvalue weighted by Gasteiger charge is -2.52. The number of carbonyl (C=O) groups excluding carboxylic acids is 4. The number of sulfonamides is 1. The Morgan fingerprint density at radius 3 is 2.31 bits per heavy atom. The average Bonchev–Trinajstić information content (AvgIpc) is 3.61. The largest absolute Gasteiger partial charge is 0.455 e. The van der Waals surface area contributed by atoms with Gasteiger partial charge in [0, 0.05) is 62.8 Å². The molecule has 2 aromatic rings. The van der Waals surface area contributed by atoms with Crippen molar-refractivity contribution < 1.29 is 32.3 Å². The third-order valence-corrected chi connectivity index (χ3v) is 13.3. The van der Waals surface area contributed by atoms with Crippen LogP contribution in [0, 0.1) is 17.8 Å². The van der Waals surface area contributed by atoms with Crippen LogP contribution in [0.25, 0.3) is 0 Å². The Morgan fingerprint density at radius 1 is 1.09 bits per heavy atom. The molecule has 0 saturated carbocycles. The van der Waals surface area contributed by atoms with Gasteiger partial charge >= 0.3 is 5.97 Å². The lowest BCUT2D eigenvalue weighted by atomic mass is 9.69. The van der Waals surface area contributed by atoms with Crippen LogP contribution < -0.4 is 10.0 Å². The van der Waals surface area contributed by atoms with Crippen LogP contribution in [-0.2, 0) is 35.6 Å². The van der Waals surface area contributed by atoms with Gasteiger partial charge in [0.15, 0.2) is 11.9 Å². The number of Topliss-reactive ketones (excluding diaryl/α,β-unsaturated/α-hetero) is 1. The first-order chi connectivity index (χ1) is 25.5. The number of amides is 2. The van der Waals surface area contributed by atoms with Crippen molar-refractivity contribution in [2.45, 2.75) is 129 Å². The summed E-state index contributed by atoms with van der Waals surface area (Å²) < 4.78 is 32.0. The molecule has 2 N–H and O–H groups in total. The third kappa shape index (κ3) is 11.2. The number of thiazole rings is 1. The summed E-state index contributed by atoms with van der Waals surface area (Å²) in [6, 6.07) is 8.93. The number of carbonyl (C=O) groups is 4. The van der Waals surface area contributed by atoms with Crippen LogP contribution in [-0.4, -0.2) is 97.3 Å². The normalized spacial score (nSPS) is 21.8. The molecule has 5 atom stereocenters. The van der Waals surface area contributed by atoms with E-state index in [1.54, 1.807) is 17.3 Å². The summed E-state index contributed by atoms with van der Waals surface area (Å²) in [6.45, 7) is 9.43. The summed E-state index contributed by atoms with van der Waals surface area (Å²) in [4.78, 5) is 63.3. The maximum Gasteiger partial charge on any atom is 0.303 e. The summed E-state index contributed by atoms with van der Waals surface area (Å²) in [5, 5.41) is 4.91. The van der Waals surface area contributed by atoms with Crippen molar-refractivity contribution in [1.29, 1.82) is 0 Å². The van der Waals surface area contributed by atoms with Crippen LogP contribution in [0.3, 0.4) is 0 Å². The molecule has 2 bridgehead atoms. The Bertz CT molecular complexity index is 1690. The van der Waals surface area contributed by atoms with Gasteiger partial charge in [-0.25, -0.2) is 18.1 Å². The highest BCUT2D eigenvalue weighted by molar-refractivity contribution is 7.88. The predicted octanol–water partition coefficient (Wildman–Crippen LogP) is 5.54. The molecule has 2 aliphatic heterocycles. The van der Waals surface area contributed by atoms with E-state index in [-0.39, 0.29) is 54.6 Å². The highest BCUT2D eigenvalue weighted by Crippen LogP contribution is 2.43. The summed E-state index contributed by atoms with van der Waals surface area (Å²) in [7, 11) is 0.361. The maximum absolute atomic E-state index is 14.5. The number of esters is 1. The summed E-state index contributed by atoms with van der Waals surface area (Å²) >= 11 is 1.18.